The second-order valence-corrected chi connectivity index (χ2v) is 6.26. The molecule has 0 heterocycles. The third-order valence-electron chi connectivity index (χ3n) is 1.50. The first-order valence-corrected chi connectivity index (χ1v) is 6.93. The molecule has 0 aliphatic heterocycles. The highest BCUT2D eigenvalue weighted by atomic mass is 28.3. The Labute approximate surface area is 84.5 Å². The molecule has 13 heavy (non-hydrogen) atoms. The van der Waals surface area contributed by atoms with Crippen molar-refractivity contribution in [2.75, 3.05) is 0 Å². The summed E-state index contributed by atoms with van der Waals surface area (Å²) in [5.74, 6) is 0. The molecule has 0 saturated carbocycles. The second kappa shape index (κ2) is 6.54. The van der Waals surface area contributed by atoms with Crippen molar-refractivity contribution >= 4 is 9.28 Å². The molecule has 80 valence electrons. The average Bonchev–Trinajstić information content (AvgIpc) is 1.80. The molecule has 3 N–H and O–H groups in total. The van der Waals surface area contributed by atoms with E-state index in [1.807, 2.05) is 0 Å². The number of hydrogen-bond donors (Lipinski definition) is 3. The van der Waals surface area contributed by atoms with E-state index in [-0.39, 0.29) is 0 Å². The molecule has 0 aromatic heterocycles. The molecule has 0 fully saturated rings. The van der Waals surface area contributed by atoms with E-state index < -0.39 is 9.28 Å². The highest BCUT2D eigenvalue weighted by Crippen LogP contribution is 1.84. The highest BCUT2D eigenvalue weighted by molar-refractivity contribution is 6.50. The van der Waals surface area contributed by atoms with Gasteiger partial charge in [-0.05, 0) is 18.1 Å². The van der Waals surface area contributed by atoms with Crippen molar-refractivity contribution in [1.29, 1.82) is 0 Å². The summed E-state index contributed by atoms with van der Waals surface area (Å²) < 4.78 is 0. The van der Waals surface area contributed by atoms with Crippen LogP contribution in [0.2, 0.25) is 0 Å². The van der Waals surface area contributed by atoms with E-state index in [0.717, 1.165) is 0 Å². The first kappa shape index (κ1) is 13.1. The van der Waals surface area contributed by atoms with Gasteiger partial charge in [-0.15, -0.1) is 0 Å². The van der Waals surface area contributed by atoms with Gasteiger partial charge in [0.1, 0.15) is 0 Å². The van der Waals surface area contributed by atoms with Gasteiger partial charge in [-0.1, -0.05) is 41.5 Å². The molecule has 0 aromatic carbocycles. The molecule has 0 saturated heterocycles. The Morgan fingerprint density at radius 3 is 1.00 bits per heavy atom. The Bertz CT molecular complexity index is 102. The van der Waals surface area contributed by atoms with Crippen molar-refractivity contribution in [3.05, 3.63) is 0 Å². The summed E-state index contributed by atoms with van der Waals surface area (Å²) in [6.07, 6.45) is 0. The zero-order valence-corrected chi connectivity index (χ0v) is 11.0. The summed E-state index contributed by atoms with van der Waals surface area (Å²) >= 11 is 0. The van der Waals surface area contributed by atoms with Gasteiger partial charge in [0.15, 0.2) is 0 Å². The smallest absolute Gasteiger partial charge is 0.265 e. The lowest BCUT2D eigenvalue weighted by Crippen LogP contribution is -2.63. The summed E-state index contributed by atoms with van der Waals surface area (Å²) in [7, 11) is -1.16. The van der Waals surface area contributed by atoms with Crippen molar-refractivity contribution in [1.82, 2.24) is 14.9 Å². The Hall–Kier alpha value is 0.0969. The van der Waals surface area contributed by atoms with E-state index in [2.05, 4.69) is 56.5 Å². The third kappa shape index (κ3) is 8.43. The van der Waals surface area contributed by atoms with Crippen molar-refractivity contribution in [2.45, 2.75) is 59.7 Å². The van der Waals surface area contributed by atoms with Gasteiger partial charge >= 0.3 is 0 Å². The van der Waals surface area contributed by atoms with Crippen LogP contribution in [0.1, 0.15) is 41.5 Å². The Balaban J connectivity index is 3.87. The molecular formula is C9H25N3Si. The Kier molecular flexibility index (Phi) is 6.58. The van der Waals surface area contributed by atoms with Crippen LogP contribution in [0.5, 0.6) is 0 Å². The zero-order valence-electron chi connectivity index (χ0n) is 9.81. The van der Waals surface area contributed by atoms with Gasteiger partial charge in [0.25, 0.3) is 9.28 Å². The molecule has 3 nitrogen and oxygen atoms in total. The molecule has 0 bridgehead atoms. The lowest BCUT2D eigenvalue weighted by molar-refractivity contribution is 0.628. The van der Waals surface area contributed by atoms with Crippen LogP contribution < -0.4 is 14.9 Å². The largest absolute Gasteiger partial charge is 0.314 e. The minimum absolute atomic E-state index is 0.550. The summed E-state index contributed by atoms with van der Waals surface area (Å²) in [6, 6.07) is 1.65. The fourth-order valence-electron chi connectivity index (χ4n) is 1.14. The maximum absolute atomic E-state index is 3.56. The van der Waals surface area contributed by atoms with E-state index in [4.69, 9.17) is 0 Å². The van der Waals surface area contributed by atoms with Gasteiger partial charge in [0.2, 0.25) is 0 Å². The molecule has 0 radical (unpaired) electrons. The summed E-state index contributed by atoms with van der Waals surface area (Å²) in [5, 5.41) is 0. The Morgan fingerprint density at radius 2 is 0.846 bits per heavy atom. The SMILES string of the molecule is CC(C)N[SiH](NC(C)C)NC(C)C. The van der Waals surface area contributed by atoms with Gasteiger partial charge in [-0.3, -0.25) is 0 Å². The van der Waals surface area contributed by atoms with Crippen LogP contribution in [0.15, 0.2) is 0 Å². The van der Waals surface area contributed by atoms with Crippen LogP contribution in [0.3, 0.4) is 0 Å². The van der Waals surface area contributed by atoms with E-state index in [9.17, 15) is 0 Å². The predicted molar refractivity (Wildman–Crippen MR) is 62.0 cm³/mol. The predicted octanol–water partition coefficient (Wildman–Crippen LogP) is 0.698. The molecule has 0 rings (SSSR count). The van der Waals surface area contributed by atoms with Crippen LogP contribution in [-0.2, 0) is 0 Å². The van der Waals surface area contributed by atoms with Crippen LogP contribution in [0.25, 0.3) is 0 Å². The zero-order chi connectivity index (χ0) is 10.4. The molecule has 0 aliphatic carbocycles. The lowest BCUT2D eigenvalue weighted by Gasteiger charge is -2.25. The van der Waals surface area contributed by atoms with Gasteiger partial charge < -0.3 is 14.9 Å². The van der Waals surface area contributed by atoms with Crippen LogP contribution in [0, 0.1) is 0 Å². The minimum Gasteiger partial charge on any atom is -0.314 e. The van der Waals surface area contributed by atoms with Gasteiger partial charge in [-0.2, -0.15) is 0 Å². The lowest BCUT2D eigenvalue weighted by atomic mass is 10.4. The van der Waals surface area contributed by atoms with E-state index in [1.54, 1.807) is 0 Å². The maximum atomic E-state index is 3.56. The molecular weight excluding hydrogens is 178 g/mol. The van der Waals surface area contributed by atoms with Crippen molar-refractivity contribution < 1.29 is 0 Å². The average molecular weight is 203 g/mol. The number of nitrogens with one attached hydrogen (secondary N) is 3. The van der Waals surface area contributed by atoms with Gasteiger partial charge in [-0.25, -0.2) is 0 Å². The topological polar surface area (TPSA) is 36.1 Å². The first-order valence-electron chi connectivity index (χ1n) is 5.20. The van der Waals surface area contributed by atoms with Crippen molar-refractivity contribution in [3.8, 4) is 0 Å². The molecule has 0 atom stereocenters. The standard InChI is InChI=1S/C9H25N3Si/c1-7(2)10-13(11-8(3)4)12-9(5)6/h7-13H,1-6H3. The maximum Gasteiger partial charge on any atom is 0.265 e. The molecule has 0 unspecified atom stereocenters. The van der Waals surface area contributed by atoms with Crippen LogP contribution in [0.4, 0.5) is 0 Å². The van der Waals surface area contributed by atoms with Crippen molar-refractivity contribution in [2.24, 2.45) is 0 Å². The Morgan fingerprint density at radius 1 is 0.615 bits per heavy atom. The van der Waals surface area contributed by atoms with Gasteiger partial charge in [0, 0.05) is 0 Å². The number of hydrogen-bond acceptors (Lipinski definition) is 3. The highest BCUT2D eigenvalue weighted by Gasteiger charge is 2.13. The van der Waals surface area contributed by atoms with Crippen LogP contribution >= 0.6 is 0 Å². The fraction of sp³-hybridized carbons (Fsp3) is 1.00. The van der Waals surface area contributed by atoms with E-state index in [1.165, 1.54) is 0 Å². The minimum atomic E-state index is -1.16. The molecule has 0 aliphatic rings. The van der Waals surface area contributed by atoms with Crippen molar-refractivity contribution in [3.63, 3.8) is 0 Å². The molecule has 0 amide bonds. The van der Waals surface area contributed by atoms with E-state index >= 15 is 0 Å². The number of rotatable bonds is 6. The summed E-state index contributed by atoms with van der Waals surface area (Å²) in [4.78, 5) is 10.7. The molecule has 0 spiro atoms. The second-order valence-electron chi connectivity index (χ2n) is 4.40. The summed E-state index contributed by atoms with van der Waals surface area (Å²) in [6.45, 7) is 13.1. The monoisotopic (exact) mass is 203 g/mol. The summed E-state index contributed by atoms with van der Waals surface area (Å²) in [5.41, 5.74) is 0. The van der Waals surface area contributed by atoms with Crippen LogP contribution in [-0.4, -0.2) is 27.4 Å². The quantitative estimate of drug-likeness (QED) is 0.556. The van der Waals surface area contributed by atoms with Gasteiger partial charge in [0.05, 0.1) is 0 Å². The van der Waals surface area contributed by atoms with E-state index in [0.29, 0.717) is 18.1 Å². The molecule has 0 aromatic rings. The molecule has 4 heteroatoms. The third-order valence-corrected chi connectivity index (χ3v) is 4.50. The first-order chi connectivity index (χ1) is 5.91. The fourth-order valence-corrected chi connectivity index (χ4v) is 3.43. The normalized spacial score (nSPS) is 12.5.